The number of ketones is 1. The highest BCUT2D eigenvalue weighted by Crippen LogP contribution is 2.11. The summed E-state index contributed by atoms with van der Waals surface area (Å²) < 4.78 is 5.16. The second-order valence-corrected chi connectivity index (χ2v) is 3.42. The molecule has 0 bridgehead atoms. The van der Waals surface area contributed by atoms with Crippen LogP contribution in [0.25, 0.3) is 0 Å². The highest BCUT2D eigenvalue weighted by Gasteiger charge is 2.10. The number of hydrogen-bond donors (Lipinski definition) is 1. The van der Waals surface area contributed by atoms with E-state index in [1.165, 1.54) is 0 Å². The summed E-state index contributed by atoms with van der Waals surface area (Å²) in [5.41, 5.74) is 6.98. The molecule has 1 aromatic rings. The van der Waals surface area contributed by atoms with Gasteiger partial charge in [-0.05, 0) is 25.0 Å². The predicted octanol–water partition coefficient (Wildman–Crippen LogP) is 1.58. The lowest BCUT2D eigenvalue weighted by Crippen LogP contribution is -2.13. The highest BCUT2D eigenvalue weighted by molar-refractivity contribution is 6.00. The van der Waals surface area contributed by atoms with E-state index < -0.39 is 0 Å². The topological polar surface area (TPSA) is 65.2 Å². The molecule has 0 spiro atoms. The summed E-state index contributed by atoms with van der Waals surface area (Å²) >= 11 is 0. The van der Waals surface area contributed by atoms with E-state index >= 15 is 0 Å². The number of nitrogens with two attached hydrogens (primary N) is 1. The molecule has 0 amide bonds. The zero-order valence-corrected chi connectivity index (χ0v) is 9.12. The molecule has 0 radical (unpaired) electrons. The number of ether oxygens (including phenoxy) is 1. The van der Waals surface area contributed by atoms with Gasteiger partial charge in [0.1, 0.15) is 12.4 Å². The summed E-state index contributed by atoms with van der Waals surface area (Å²) in [7, 11) is 0. The van der Waals surface area contributed by atoms with Crippen molar-refractivity contribution >= 4 is 11.6 Å². The van der Waals surface area contributed by atoms with Gasteiger partial charge in [0, 0.05) is 12.8 Å². The summed E-state index contributed by atoms with van der Waals surface area (Å²) in [5, 5.41) is 0. The molecule has 0 atom stereocenters. The van der Waals surface area contributed by atoms with Crippen LogP contribution in [0.5, 0.6) is 0 Å². The van der Waals surface area contributed by atoms with Crippen LogP contribution < -0.4 is 5.73 Å². The van der Waals surface area contributed by atoms with Gasteiger partial charge in [0.25, 0.3) is 0 Å². The van der Waals surface area contributed by atoms with Crippen molar-refractivity contribution in [2.24, 2.45) is 0 Å². The molecule has 1 rings (SSSR count). The molecule has 0 saturated carbocycles. The van der Waals surface area contributed by atoms with E-state index in [9.17, 15) is 4.79 Å². The Balaban J connectivity index is 2.68. The van der Waals surface area contributed by atoms with Gasteiger partial charge < -0.3 is 10.5 Å². The molecular weight excluding hydrogens is 192 g/mol. The number of Topliss-reactive ketones (excluding diaryl/α,β-unsaturated/α-hetero) is 1. The number of pyridine rings is 1. The van der Waals surface area contributed by atoms with E-state index in [2.05, 4.69) is 4.98 Å². The molecule has 15 heavy (non-hydrogen) atoms. The number of aromatic nitrogens is 1. The van der Waals surface area contributed by atoms with Crippen molar-refractivity contribution in [3.05, 3.63) is 23.4 Å². The third-order valence-electron chi connectivity index (χ3n) is 1.94. The van der Waals surface area contributed by atoms with Crippen LogP contribution in [0.2, 0.25) is 0 Å². The molecule has 0 aliphatic rings. The van der Waals surface area contributed by atoms with Crippen molar-refractivity contribution < 1.29 is 9.53 Å². The van der Waals surface area contributed by atoms with Crippen LogP contribution in [-0.4, -0.2) is 24.0 Å². The molecule has 0 aliphatic carbocycles. The lowest BCUT2D eigenvalue weighted by molar-refractivity contribution is 0.0762. The molecule has 1 aromatic heterocycles. The van der Waals surface area contributed by atoms with Crippen LogP contribution in [0.4, 0.5) is 5.82 Å². The van der Waals surface area contributed by atoms with Gasteiger partial charge >= 0.3 is 0 Å². The van der Waals surface area contributed by atoms with Gasteiger partial charge in [0.2, 0.25) is 0 Å². The van der Waals surface area contributed by atoms with Gasteiger partial charge in [-0.2, -0.15) is 0 Å². The van der Waals surface area contributed by atoms with Crippen molar-refractivity contribution in [2.75, 3.05) is 18.9 Å². The Bertz CT molecular complexity index is 350. The van der Waals surface area contributed by atoms with E-state index in [1.807, 2.05) is 13.8 Å². The summed E-state index contributed by atoms with van der Waals surface area (Å²) in [6, 6.07) is 1.74. The quantitative estimate of drug-likeness (QED) is 0.589. The molecule has 0 unspecified atom stereocenters. The highest BCUT2D eigenvalue weighted by atomic mass is 16.5. The van der Waals surface area contributed by atoms with Crippen molar-refractivity contribution in [3.63, 3.8) is 0 Å². The molecule has 0 saturated heterocycles. The molecule has 1 heterocycles. The standard InChI is InChI=1S/C11H16N2O2/c1-3-4-15-7-10(14)9-5-8(2)6-13-11(9)12/h5-6H,3-4,7H2,1-2H3,(H2,12,13). The van der Waals surface area contributed by atoms with Crippen LogP contribution in [0.1, 0.15) is 29.3 Å². The molecule has 0 fully saturated rings. The molecule has 0 aromatic carbocycles. The number of nitrogens with zero attached hydrogens (tertiary/aromatic N) is 1. The molecule has 4 nitrogen and oxygen atoms in total. The monoisotopic (exact) mass is 208 g/mol. The van der Waals surface area contributed by atoms with E-state index in [0.29, 0.717) is 12.2 Å². The lowest BCUT2D eigenvalue weighted by atomic mass is 10.1. The van der Waals surface area contributed by atoms with Gasteiger partial charge in [0.15, 0.2) is 5.78 Å². The second kappa shape index (κ2) is 5.46. The van der Waals surface area contributed by atoms with Crippen LogP contribution in [-0.2, 0) is 4.74 Å². The van der Waals surface area contributed by atoms with Crippen molar-refractivity contribution in [1.82, 2.24) is 4.98 Å². The third kappa shape index (κ3) is 3.32. The van der Waals surface area contributed by atoms with Crippen molar-refractivity contribution in [1.29, 1.82) is 0 Å². The maximum Gasteiger partial charge on any atom is 0.192 e. The fraction of sp³-hybridized carbons (Fsp3) is 0.455. The van der Waals surface area contributed by atoms with Crippen LogP contribution in [0.3, 0.4) is 0 Å². The Hall–Kier alpha value is -1.42. The number of anilines is 1. The zero-order valence-electron chi connectivity index (χ0n) is 9.12. The average Bonchev–Trinajstić information content (AvgIpc) is 2.22. The lowest BCUT2D eigenvalue weighted by Gasteiger charge is -2.05. The number of rotatable bonds is 5. The second-order valence-electron chi connectivity index (χ2n) is 3.42. The first-order chi connectivity index (χ1) is 7.15. The Labute approximate surface area is 89.5 Å². The fourth-order valence-corrected chi connectivity index (χ4v) is 1.19. The Morgan fingerprint density at radius 1 is 1.60 bits per heavy atom. The Morgan fingerprint density at radius 3 is 3.00 bits per heavy atom. The molecule has 82 valence electrons. The third-order valence-corrected chi connectivity index (χ3v) is 1.94. The number of aryl methyl sites for hydroxylation is 1. The minimum absolute atomic E-state index is 0.0726. The Kier molecular flexibility index (Phi) is 4.24. The van der Waals surface area contributed by atoms with Crippen molar-refractivity contribution in [3.8, 4) is 0 Å². The van der Waals surface area contributed by atoms with Gasteiger partial charge in [-0.1, -0.05) is 6.92 Å². The fourth-order valence-electron chi connectivity index (χ4n) is 1.19. The number of carbonyl (C=O) groups is 1. The minimum Gasteiger partial charge on any atom is -0.383 e. The maximum atomic E-state index is 11.6. The molecule has 0 aliphatic heterocycles. The number of nitrogen functional groups attached to an aromatic ring is 1. The molecular formula is C11H16N2O2. The summed E-state index contributed by atoms with van der Waals surface area (Å²) in [6.07, 6.45) is 2.54. The first-order valence-corrected chi connectivity index (χ1v) is 4.98. The summed E-state index contributed by atoms with van der Waals surface area (Å²) in [5.74, 6) is 0.155. The van der Waals surface area contributed by atoms with Crippen LogP contribution in [0, 0.1) is 6.92 Å². The number of hydrogen-bond acceptors (Lipinski definition) is 4. The molecule has 2 N–H and O–H groups in total. The van der Waals surface area contributed by atoms with Gasteiger partial charge in [-0.15, -0.1) is 0 Å². The van der Waals surface area contributed by atoms with Gasteiger partial charge in [0.05, 0.1) is 5.56 Å². The molecule has 4 heteroatoms. The van der Waals surface area contributed by atoms with E-state index in [4.69, 9.17) is 10.5 Å². The first-order valence-electron chi connectivity index (χ1n) is 4.98. The van der Waals surface area contributed by atoms with Gasteiger partial charge in [-0.3, -0.25) is 4.79 Å². The van der Waals surface area contributed by atoms with E-state index in [0.717, 1.165) is 12.0 Å². The average molecular weight is 208 g/mol. The van der Waals surface area contributed by atoms with E-state index in [-0.39, 0.29) is 18.2 Å². The first kappa shape index (κ1) is 11.7. The number of carbonyl (C=O) groups excluding carboxylic acids is 1. The van der Waals surface area contributed by atoms with Crippen LogP contribution >= 0.6 is 0 Å². The predicted molar refractivity (Wildman–Crippen MR) is 58.8 cm³/mol. The van der Waals surface area contributed by atoms with Crippen LogP contribution in [0.15, 0.2) is 12.3 Å². The largest absolute Gasteiger partial charge is 0.383 e. The maximum absolute atomic E-state index is 11.6. The summed E-state index contributed by atoms with van der Waals surface area (Å²) in [6.45, 7) is 4.53. The van der Waals surface area contributed by atoms with Crippen molar-refractivity contribution in [2.45, 2.75) is 20.3 Å². The SMILES string of the molecule is CCCOCC(=O)c1cc(C)cnc1N. The summed E-state index contributed by atoms with van der Waals surface area (Å²) in [4.78, 5) is 15.6. The van der Waals surface area contributed by atoms with E-state index in [1.54, 1.807) is 12.3 Å². The zero-order chi connectivity index (χ0) is 11.3. The smallest absolute Gasteiger partial charge is 0.192 e. The minimum atomic E-state index is -0.114. The normalized spacial score (nSPS) is 10.3. The van der Waals surface area contributed by atoms with Gasteiger partial charge in [-0.25, -0.2) is 4.98 Å². The Morgan fingerprint density at radius 2 is 2.33 bits per heavy atom.